The normalized spacial score (nSPS) is 17.0. The molecule has 1 aliphatic rings. The van der Waals surface area contributed by atoms with Gasteiger partial charge in [-0.25, -0.2) is 0 Å². The number of benzene rings is 2. The Balaban J connectivity index is 1.59. The molecule has 0 saturated carbocycles. The highest BCUT2D eigenvalue weighted by molar-refractivity contribution is 9.10. The van der Waals surface area contributed by atoms with Gasteiger partial charge in [0.2, 0.25) is 0 Å². The minimum absolute atomic E-state index is 0.0660. The van der Waals surface area contributed by atoms with Crippen LogP contribution in [0.1, 0.15) is 44.0 Å². The fraction of sp³-hybridized carbons (Fsp3) is 0.409. The van der Waals surface area contributed by atoms with Crippen molar-refractivity contribution < 1.29 is 14.3 Å². The van der Waals surface area contributed by atoms with Crippen molar-refractivity contribution >= 4 is 21.8 Å². The lowest BCUT2D eigenvalue weighted by molar-refractivity contribution is 0.0691. The highest BCUT2D eigenvalue weighted by Crippen LogP contribution is 2.25. The van der Waals surface area contributed by atoms with Crippen molar-refractivity contribution in [3.8, 4) is 11.5 Å². The molecule has 27 heavy (non-hydrogen) atoms. The molecule has 1 fully saturated rings. The Morgan fingerprint density at radius 3 is 2.52 bits per heavy atom. The minimum Gasteiger partial charge on any atom is -0.491 e. The van der Waals surface area contributed by atoms with E-state index in [0.29, 0.717) is 12.2 Å². The summed E-state index contributed by atoms with van der Waals surface area (Å²) >= 11 is 3.43. The Hall–Kier alpha value is -2.01. The minimum atomic E-state index is -0.223. The maximum absolute atomic E-state index is 12.8. The maximum Gasteiger partial charge on any atom is 0.254 e. The van der Waals surface area contributed by atoms with Gasteiger partial charge in [0, 0.05) is 16.6 Å². The van der Waals surface area contributed by atoms with E-state index in [1.165, 1.54) is 0 Å². The Bertz CT molecular complexity index is 783. The number of ether oxygens (including phenoxy) is 2. The molecular weight excluding hydrogens is 406 g/mol. The Morgan fingerprint density at radius 1 is 1.15 bits per heavy atom. The molecule has 3 rings (SSSR count). The van der Waals surface area contributed by atoms with Gasteiger partial charge in [0.25, 0.3) is 5.91 Å². The second kappa shape index (κ2) is 8.34. The van der Waals surface area contributed by atoms with Crippen molar-refractivity contribution in [2.75, 3.05) is 13.2 Å². The highest BCUT2D eigenvalue weighted by atomic mass is 79.9. The number of carbonyl (C=O) groups is 1. The average molecular weight is 432 g/mol. The van der Waals surface area contributed by atoms with E-state index >= 15 is 0 Å². The molecule has 0 N–H and O–H groups in total. The Labute approximate surface area is 169 Å². The molecule has 1 aliphatic heterocycles. The first-order valence-electron chi connectivity index (χ1n) is 9.30. The van der Waals surface area contributed by atoms with Crippen LogP contribution in [0, 0.1) is 0 Å². The second-order valence-corrected chi connectivity index (χ2v) is 8.72. The topological polar surface area (TPSA) is 38.8 Å². The molecule has 144 valence electrons. The van der Waals surface area contributed by atoms with Crippen molar-refractivity contribution in [1.29, 1.82) is 0 Å². The average Bonchev–Trinajstić information content (AvgIpc) is 3.08. The zero-order valence-corrected chi connectivity index (χ0v) is 17.7. The summed E-state index contributed by atoms with van der Waals surface area (Å²) in [5.41, 5.74) is 0.486. The van der Waals surface area contributed by atoms with E-state index in [2.05, 4.69) is 15.9 Å². The fourth-order valence-electron chi connectivity index (χ4n) is 3.21. The van der Waals surface area contributed by atoms with Gasteiger partial charge in [0.15, 0.2) is 0 Å². The number of rotatable bonds is 5. The van der Waals surface area contributed by atoms with E-state index in [4.69, 9.17) is 9.47 Å². The standard InChI is InChI=1S/C22H26BrNO3/c1-22(2,3)27-20-11-9-19(10-12-20)26-15-18-8-5-13-24(18)21(25)16-6-4-7-17(23)14-16/h4,6-7,9-12,14,18H,5,8,13,15H2,1-3H3/t18-/m0/s1. The zero-order valence-electron chi connectivity index (χ0n) is 16.1. The molecule has 5 heteroatoms. The van der Waals surface area contributed by atoms with Crippen LogP contribution in [0.2, 0.25) is 0 Å². The molecule has 0 radical (unpaired) electrons. The summed E-state index contributed by atoms with van der Waals surface area (Å²) in [7, 11) is 0. The molecule has 2 aromatic carbocycles. The number of nitrogens with zero attached hydrogens (tertiary/aromatic N) is 1. The highest BCUT2D eigenvalue weighted by Gasteiger charge is 2.30. The van der Waals surface area contributed by atoms with Crippen LogP contribution in [0.4, 0.5) is 0 Å². The number of likely N-dealkylation sites (tertiary alicyclic amines) is 1. The van der Waals surface area contributed by atoms with Crippen molar-refractivity contribution in [1.82, 2.24) is 4.90 Å². The van der Waals surface area contributed by atoms with Crippen LogP contribution in [0.5, 0.6) is 11.5 Å². The summed E-state index contributed by atoms with van der Waals surface area (Å²) in [6, 6.07) is 15.3. The van der Waals surface area contributed by atoms with E-state index in [1.807, 2.05) is 74.2 Å². The van der Waals surface area contributed by atoms with Crippen LogP contribution in [-0.2, 0) is 0 Å². The van der Waals surface area contributed by atoms with Gasteiger partial charge in [-0.2, -0.15) is 0 Å². The third-order valence-electron chi connectivity index (χ3n) is 4.40. The van der Waals surface area contributed by atoms with Gasteiger partial charge < -0.3 is 14.4 Å². The first-order valence-corrected chi connectivity index (χ1v) is 10.1. The molecule has 0 aliphatic carbocycles. The van der Waals surface area contributed by atoms with E-state index < -0.39 is 0 Å². The number of hydrogen-bond acceptors (Lipinski definition) is 3. The van der Waals surface area contributed by atoms with Gasteiger partial charge in [-0.3, -0.25) is 4.79 Å². The van der Waals surface area contributed by atoms with Crippen LogP contribution >= 0.6 is 15.9 Å². The largest absolute Gasteiger partial charge is 0.491 e. The van der Waals surface area contributed by atoms with Gasteiger partial charge in [-0.15, -0.1) is 0 Å². The molecule has 1 saturated heterocycles. The zero-order chi connectivity index (χ0) is 19.4. The van der Waals surface area contributed by atoms with Crippen LogP contribution in [-0.4, -0.2) is 35.6 Å². The van der Waals surface area contributed by atoms with Gasteiger partial charge >= 0.3 is 0 Å². The van der Waals surface area contributed by atoms with Gasteiger partial charge in [-0.1, -0.05) is 22.0 Å². The molecule has 1 amide bonds. The van der Waals surface area contributed by atoms with Crippen molar-refractivity contribution in [3.05, 3.63) is 58.6 Å². The number of carbonyl (C=O) groups excluding carboxylic acids is 1. The first-order chi connectivity index (χ1) is 12.8. The lowest BCUT2D eigenvalue weighted by Gasteiger charge is -2.25. The third-order valence-corrected chi connectivity index (χ3v) is 4.89. The monoisotopic (exact) mass is 431 g/mol. The molecule has 4 nitrogen and oxygen atoms in total. The van der Waals surface area contributed by atoms with Gasteiger partial charge in [0.05, 0.1) is 6.04 Å². The fourth-order valence-corrected chi connectivity index (χ4v) is 3.61. The van der Waals surface area contributed by atoms with Crippen molar-refractivity contribution in [2.24, 2.45) is 0 Å². The van der Waals surface area contributed by atoms with Crippen LogP contribution in [0.3, 0.4) is 0 Å². The molecule has 0 aromatic heterocycles. The lowest BCUT2D eigenvalue weighted by atomic mass is 10.1. The first kappa shape index (κ1) is 19.7. The molecule has 1 atom stereocenters. The maximum atomic E-state index is 12.8. The van der Waals surface area contributed by atoms with Crippen LogP contribution in [0.25, 0.3) is 0 Å². The quantitative estimate of drug-likeness (QED) is 0.643. The van der Waals surface area contributed by atoms with E-state index in [1.54, 1.807) is 0 Å². The summed E-state index contributed by atoms with van der Waals surface area (Å²) in [6.45, 7) is 7.34. The molecular formula is C22H26BrNO3. The SMILES string of the molecule is CC(C)(C)Oc1ccc(OC[C@@H]2CCCN2C(=O)c2cccc(Br)c2)cc1. The molecule has 2 aromatic rings. The smallest absolute Gasteiger partial charge is 0.254 e. The molecule has 0 spiro atoms. The van der Waals surface area contributed by atoms with Gasteiger partial charge in [-0.05, 0) is 76.1 Å². The Kier molecular flexibility index (Phi) is 6.10. The van der Waals surface area contributed by atoms with Crippen molar-refractivity contribution in [3.63, 3.8) is 0 Å². The lowest BCUT2D eigenvalue weighted by Crippen LogP contribution is -2.39. The van der Waals surface area contributed by atoms with Gasteiger partial charge in [0.1, 0.15) is 23.7 Å². The number of hydrogen-bond donors (Lipinski definition) is 0. The predicted octanol–water partition coefficient (Wildman–Crippen LogP) is 5.31. The summed E-state index contributed by atoms with van der Waals surface area (Å²) < 4.78 is 12.7. The number of halogens is 1. The molecule has 0 bridgehead atoms. The summed E-state index contributed by atoms with van der Waals surface area (Å²) in [6.07, 6.45) is 1.97. The summed E-state index contributed by atoms with van der Waals surface area (Å²) in [5.74, 6) is 1.68. The number of amides is 1. The Morgan fingerprint density at radius 2 is 1.85 bits per heavy atom. The van der Waals surface area contributed by atoms with E-state index in [-0.39, 0.29) is 17.6 Å². The van der Waals surface area contributed by atoms with Crippen LogP contribution in [0.15, 0.2) is 53.0 Å². The van der Waals surface area contributed by atoms with Crippen LogP contribution < -0.4 is 9.47 Å². The summed E-state index contributed by atoms with van der Waals surface area (Å²) in [5, 5.41) is 0. The van der Waals surface area contributed by atoms with E-state index in [9.17, 15) is 4.79 Å². The molecule has 0 unspecified atom stereocenters. The van der Waals surface area contributed by atoms with E-state index in [0.717, 1.165) is 35.4 Å². The second-order valence-electron chi connectivity index (χ2n) is 7.80. The third kappa shape index (κ3) is 5.48. The molecule has 1 heterocycles. The van der Waals surface area contributed by atoms with Crippen molar-refractivity contribution in [2.45, 2.75) is 45.3 Å². The predicted molar refractivity (Wildman–Crippen MR) is 111 cm³/mol. The summed E-state index contributed by atoms with van der Waals surface area (Å²) in [4.78, 5) is 14.8.